The Balaban J connectivity index is 1.55. The molecule has 1 aromatic carbocycles. The maximum atomic E-state index is 12.7. The van der Waals surface area contributed by atoms with Crippen molar-refractivity contribution in [2.75, 3.05) is 38.1 Å². The molecule has 0 N–H and O–H groups in total. The molecule has 142 valence electrons. The van der Waals surface area contributed by atoms with Gasteiger partial charge in [-0.15, -0.1) is 0 Å². The average molecular weight is 374 g/mol. The highest BCUT2D eigenvalue weighted by Gasteiger charge is 2.16. The molecule has 1 aliphatic rings. The van der Waals surface area contributed by atoms with Crippen molar-refractivity contribution in [3.8, 4) is 11.3 Å². The molecule has 6 heteroatoms. The number of aryl methyl sites for hydroxylation is 1. The van der Waals surface area contributed by atoms with Crippen molar-refractivity contribution in [3.63, 3.8) is 0 Å². The zero-order valence-electron chi connectivity index (χ0n) is 16.1. The fraction of sp³-hybridized carbons (Fsp3) is 0.273. The maximum Gasteiger partial charge on any atom is 0.345 e. The molecule has 0 aliphatic carbocycles. The number of piperazine rings is 1. The predicted octanol–water partition coefficient (Wildman–Crippen LogP) is 3.17. The molecule has 4 heterocycles. The number of pyridine rings is 1. The first-order valence-corrected chi connectivity index (χ1v) is 9.55. The largest absolute Gasteiger partial charge is 0.422 e. The molecule has 28 heavy (non-hydrogen) atoms. The van der Waals surface area contributed by atoms with Gasteiger partial charge in [-0.1, -0.05) is 0 Å². The fourth-order valence-corrected chi connectivity index (χ4v) is 3.78. The lowest BCUT2D eigenvalue weighted by Crippen LogP contribution is -2.44. The van der Waals surface area contributed by atoms with E-state index in [0.29, 0.717) is 16.8 Å². The zero-order valence-corrected chi connectivity index (χ0v) is 16.1. The van der Waals surface area contributed by atoms with Crippen LogP contribution in [-0.4, -0.2) is 47.7 Å². The summed E-state index contributed by atoms with van der Waals surface area (Å²) >= 11 is 0. The second kappa shape index (κ2) is 6.49. The van der Waals surface area contributed by atoms with E-state index < -0.39 is 0 Å². The summed E-state index contributed by atoms with van der Waals surface area (Å²) in [5.74, 6) is 0. The number of hydrogen-bond acceptors (Lipinski definition) is 5. The van der Waals surface area contributed by atoms with Gasteiger partial charge in [-0.3, -0.25) is 0 Å². The molecule has 0 bridgehead atoms. The van der Waals surface area contributed by atoms with Crippen LogP contribution in [0.1, 0.15) is 5.56 Å². The summed E-state index contributed by atoms with van der Waals surface area (Å²) in [6.07, 6.45) is 1.90. The fourth-order valence-electron chi connectivity index (χ4n) is 3.78. The molecule has 0 saturated carbocycles. The molecule has 1 saturated heterocycles. The average Bonchev–Trinajstić information content (AvgIpc) is 3.10. The number of nitrogens with zero attached hydrogens (tertiary/aromatic N) is 4. The smallest absolute Gasteiger partial charge is 0.345 e. The van der Waals surface area contributed by atoms with Crippen LogP contribution in [0.15, 0.2) is 57.9 Å². The van der Waals surface area contributed by atoms with Gasteiger partial charge in [0.25, 0.3) is 0 Å². The van der Waals surface area contributed by atoms with E-state index in [1.54, 1.807) is 4.52 Å². The summed E-state index contributed by atoms with van der Waals surface area (Å²) in [7, 11) is 2.14. The Kier molecular flexibility index (Phi) is 3.94. The minimum atomic E-state index is -0.358. The molecule has 0 amide bonds. The Morgan fingerprint density at radius 1 is 1.00 bits per heavy atom. The van der Waals surface area contributed by atoms with E-state index in [4.69, 9.17) is 4.42 Å². The molecule has 3 aromatic heterocycles. The molecule has 0 spiro atoms. The molecule has 1 fully saturated rings. The molecule has 0 radical (unpaired) electrons. The quantitative estimate of drug-likeness (QED) is 0.505. The van der Waals surface area contributed by atoms with Gasteiger partial charge in [-0.2, -0.15) is 5.10 Å². The number of benzene rings is 1. The Labute approximate surface area is 162 Å². The Morgan fingerprint density at radius 2 is 1.82 bits per heavy atom. The van der Waals surface area contributed by atoms with Crippen LogP contribution in [0.25, 0.3) is 27.7 Å². The SMILES string of the molecule is Cc1ccn2nc(-c3cc4ccc(N5CCN(C)CC5)cc4oc3=O)cc2c1. The lowest BCUT2D eigenvalue weighted by atomic mass is 10.1. The van der Waals surface area contributed by atoms with Crippen molar-refractivity contribution in [2.24, 2.45) is 0 Å². The van der Waals surface area contributed by atoms with Crippen molar-refractivity contribution in [2.45, 2.75) is 6.92 Å². The van der Waals surface area contributed by atoms with Crippen molar-refractivity contribution in [1.82, 2.24) is 14.5 Å². The standard InChI is InChI=1S/C22H22N4O2/c1-15-5-6-26-18(11-15)13-20(23-26)19-12-16-3-4-17(14-21(16)28-22(19)27)25-9-7-24(2)8-10-25/h3-6,11-14H,7-10H2,1-2H3. The number of hydrogen-bond donors (Lipinski definition) is 0. The first kappa shape index (κ1) is 17.0. The summed E-state index contributed by atoms with van der Waals surface area (Å²) in [5, 5.41) is 5.44. The summed E-state index contributed by atoms with van der Waals surface area (Å²) in [5.41, 5.74) is 4.58. The second-order valence-corrected chi connectivity index (χ2v) is 7.56. The number of likely N-dealkylation sites (N-methyl/N-ethyl adjacent to an activating group) is 1. The third kappa shape index (κ3) is 2.96. The molecular formula is C22H22N4O2. The lowest BCUT2D eigenvalue weighted by Gasteiger charge is -2.34. The number of aromatic nitrogens is 2. The topological polar surface area (TPSA) is 54.0 Å². The highest BCUT2D eigenvalue weighted by molar-refractivity contribution is 5.84. The first-order valence-electron chi connectivity index (χ1n) is 9.55. The highest BCUT2D eigenvalue weighted by Crippen LogP contribution is 2.26. The van der Waals surface area contributed by atoms with E-state index in [0.717, 1.165) is 48.3 Å². The molecule has 6 nitrogen and oxygen atoms in total. The van der Waals surface area contributed by atoms with E-state index in [1.807, 2.05) is 49.5 Å². The minimum Gasteiger partial charge on any atom is -0.422 e. The maximum absolute atomic E-state index is 12.7. The van der Waals surface area contributed by atoms with E-state index in [-0.39, 0.29) is 5.63 Å². The number of rotatable bonds is 2. The molecular weight excluding hydrogens is 352 g/mol. The normalized spacial score (nSPS) is 15.6. The Bertz CT molecular complexity index is 1230. The third-order valence-electron chi connectivity index (χ3n) is 5.48. The Hall–Kier alpha value is -3.12. The molecule has 5 rings (SSSR count). The van der Waals surface area contributed by atoms with Gasteiger partial charge in [0.1, 0.15) is 11.3 Å². The van der Waals surface area contributed by atoms with Crippen LogP contribution >= 0.6 is 0 Å². The monoisotopic (exact) mass is 374 g/mol. The van der Waals surface area contributed by atoms with Crippen LogP contribution in [0.4, 0.5) is 5.69 Å². The van der Waals surface area contributed by atoms with Gasteiger partial charge in [0.05, 0.1) is 11.1 Å². The highest BCUT2D eigenvalue weighted by atomic mass is 16.4. The van der Waals surface area contributed by atoms with E-state index >= 15 is 0 Å². The van der Waals surface area contributed by atoms with Gasteiger partial charge in [0, 0.05) is 49.5 Å². The van der Waals surface area contributed by atoms with Gasteiger partial charge in [-0.05, 0) is 55.9 Å². The van der Waals surface area contributed by atoms with Crippen LogP contribution in [0.2, 0.25) is 0 Å². The predicted molar refractivity (Wildman–Crippen MR) is 111 cm³/mol. The van der Waals surface area contributed by atoms with Crippen molar-refractivity contribution in [1.29, 1.82) is 0 Å². The first-order chi connectivity index (χ1) is 13.6. The van der Waals surface area contributed by atoms with Crippen LogP contribution in [0.3, 0.4) is 0 Å². The number of fused-ring (bicyclic) bond motifs is 2. The number of anilines is 1. The van der Waals surface area contributed by atoms with Gasteiger partial charge in [-0.25, -0.2) is 9.31 Å². The van der Waals surface area contributed by atoms with Crippen molar-refractivity contribution < 1.29 is 4.42 Å². The van der Waals surface area contributed by atoms with Crippen LogP contribution < -0.4 is 10.5 Å². The molecule has 4 aromatic rings. The van der Waals surface area contributed by atoms with E-state index in [9.17, 15) is 4.79 Å². The summed E-state index contributed by atoms with van der Waals surface area (Å²) in [6, 6.07) is 13.9. The van der Waals surface area contributed by atoms with E-state index in [1.165, 1.54) is 0 Å². The molecule has 0 unspecified atom stereocenters. The zero-order chi connectivity index (χ0) is 19.3. The van der Waals surface area contributed by atoms with Gasteiger partial charge < -0.3 is 14.2 Å². The van der Waals surface area contributed by atoms with Gasteiger partial charge >= 0.3 is 5.63 Å². The van der Waals surface area contributed by atoms with E-state index in [2.05, 4.69) is 28.0 Å². The van der Waals surface area contributed by atoms with Crippen molar-refractivity contribution in [3.05, 3.63) is 64.6 Å². The van der Waals surface area contributed by atoms with Crippen molar-refractivity contribution >= 4 is 22.2 Å². The summed E-state index contributed by atoms with van der Waals surface area (Å²) < 4.78 is 7.46. The van der Waals surface area contributed by atoms with Crippen LogP contribution in [-0.2, 0) is 0 Å². The van der Waals surface area contributed by atoms with Gasteiger partial charge in [0.15, 0.2) is 0 Å². The summed E-state index contributed by atoms with van der Waals surface area (Å²) in [6.45, 7) is 6.06. The molecule has 0 atom stereocenters. The van der Waals surface area contributed by atoms with Crippen LogP contribution in [0.5, 0.6) is 0 Å². The Morgan fingerprint density at radius 3 is 2.64 bits per heavy atom. The van der Waals surface area contributed by atoms with Gasteiger partial charge in [0.2, 0.25) is 0 Å². The summed E-state index contributed by atoms with van der Waals surface area (Å²) in [4.78, 5) is 17.3. The minimum absolute atomic E-state index is 0.358. The lowest BCUT2D eigenvalue weighted by molar-refractivity contribution is 0.313. The third-order valence-corrected chi connectivity index (χ3v) is 5.48. The van der Waals surface area contributed by atoms with Crippen LogP contribution in [0, 0.1) is 6.92 Å². The second-order valence-electron chi connectivity index (χ2n) is 7.56. The molecule has 1 aliphatic heterocycles.